The molecule has 2 atom stereocenters. The van der Waals surface area contributed by atoms with Gasteiger partial charge in [0, 0.05) is 11.3 Å². The Morgan fingerprint density at radius 1 is 1.31 bits per heavy atom. The first kappa shape index (κ1) is 10.6. The number of hydrogen-bond acceptors (Lipinski definition) is 2. The molecule has 0 aliphatic heterocycles. The molecule has 0 bridgehead atoms. The van der Waals surface area contributed by atoms with Gasteiger partial charge in [0.1, 0.15) is 0 Å². The summed E-state index contributed by atoms with van der Waals surface area (Å²) in [5.41, 5.74) is 8.63. The summed E-state index contributed by atoms with van der Waals surface area (Å²) in [6.07, 6.45) is 2.11. The third-order valence-electron chi connectivity index (χ3n) is 2.23. The van der Waals surface area contributed by atoms with Crippen molar-refractivity contribution in [2.45, 2.75) is 25.1 Å². The number of nitrogens with two attached hydrogens (primary N) is 1. The molecular formula is C11H17NS. The summed E-state index contributed by atoms with van der Waals surface area (Å²) in [6, 6.07) is 8.66. The molecule has 0 fully saturated rings. The van der Waals surface area contributed by atoms with Gasteiger partial charge in [-0.1, -0.05) is 24.3 Å². The molecule has 0 amide bonds. The molecule has 0 saturated heterocycles. The Balaban J connectivity index is 2.97. The van der Waals surface area contributed by atoms with Crippen LogP contribution in [-0.2, 0) is 0 Å². The van der Waals surface area contributed by atoms with Crippen molar-refractivity contribution in [3.8, 4) is 0 Å². The largest absolute Gasteiger partial charge is 0.327 e. The fraction of sp³-hybridized carbons (Fsp3) is 0.455. The van der Waals surface area contributed by atoms with Gasteiger partial charge in [-0.15, -0.1) is 0 Å². The third-order valence-corrected chi connectivity index (χ3v) is 3.42. The van der Waals surface area contributed by atoms with E-state index in [2.05, 4.69) is 44.4 Å². The quantitative estimate of drug-likeness (QED) is 0.802. The first-order valence-corrected chi connectivity index (χ1v) is 5.79. The molecule has 72 valence electrons. The van der Waals surface area contributed by atoms with Crippen LogP contribution in [0.4, 0.5) is 0 Å². The lowest BCUT2D eigenvalue weighted by Crippen LogP contribution is -2.22. The van der Waals surface area contributed by atoms with Gasteiger partial charge in [0.15, 0.2) is 0 Å². The topological polar surface area (TPSA) is 26.0 Å². The van der Waals surface area contributed by atoms with E-state index in [1.165, 1.54) is 11.1 Å². The summed E-state index contributed by atoms with van der Waals surface area (Å²) in [5, 5.41) is 0.418. The minimum atomic E-state index is 0.205. The van der Waals surface area contributed by atoms with Crippen molar-refractivity contribution in [3.05, 3.63) is 35.4 Å². The van der Waals surface area contributed by atoms with Crippen LogP contribution in [0, 0.1) is 6.92 Å². The van der Waals surface area contributed by atoms with E-state index < -0.39 is 0 Å². The highest BCUT2D eigenvalue weighted by molar-refractivity contribution is 7.98. The Labute approximate surface area is 84.7 Å². The second kappa shape index (κ2) is 4.68. The molecule has 2 unspecified atom stereocenters. The zero-order chi connectivity index (χ0) is 9.84. The summed E-state index contributed by atoms with van der Waals surface area (Å²) >= 11 is 1.82. The Bertz CT molecular complexity index is 271. The smallest absolute Gasteiger partial charge is 0.0445 e. The van der Waals surface area contributed by atoms with Gasteiger partial charge in [0.05, 0.1) is 0 Å². The van der Waals surface area contributed by atoms with Gasteiger partial charge in [-0.25, -0.2) is 0 Å². The molecule has 0 aliphatic carbocycles. The molecule has 0 radical (unpaired) electrons. The number of thioether (sulfide) groups is 1. The fourth-order valence-electron chi connectivity index (χ4n) is 1.53. The molecule has 0 saturated carbocycles. The van der Waals surface area contributed by atoms with Gasteiger partial charge in [0.2, 0.25) is 0 Å². The first-order chi connectivity index (χ1) is 6.16. The molecule has 1 rings (SSSR count). The van der Waals surface area contributed by atoms with E-state index in [-0.39, 0.29) is 6.04 Å². The molecule has 1 aromatic carbocycles. The molecule has 0 aliphatic rings. The van der Waals surface area contributed by atoms with Crippen LogP contribution in [0.3, 0.4) is 0 Å². The Hall–Kier alpha value is -0.470. The van der Waals surface area contributed by atoms with Crippen molar-refractivity contribution in [3.63, 3.8) is 0 Å². The van der Waals surface area contributed by atoms with Gasteiger partial charge < -0.3 is 5.73 Å². The fourth-order valence-corrected chi connectivity index (χ4v) is 2.48. The van der Waals surface area contributed by atoms with E-state index in [1.807, 2.05) is 11.8 Å². The van der Waals surface area contributed by atoms with Crippen molar-refractivity contribution in [2.75, 3.05) is 6.26 Å². The standard InChI is InChI=1S/C11H17NS/c1-8-6-4-5-7-10(8)11(13-3)9(2)12/h4-7,9,11H,12H2,1-3H3. The van der Waals surface area contributed by atoms with Gasteiger partial charge in [-0.3, -0.25) is 0 Å². The zero-order valence-corrected chi connectivity index (χ0v) is 9.27. The van der Waals surface area contributed by atoms with Crippen molar-refractivity contribution >= 4 is 11.8 Å². The van der Waals surface area contributed by atoms with Crippen molar-refractivity contribution in [2.24, 2.45) is 5.73 Å². The maximum atomic E-state index is 5.93. The highest BCUT2D eigenvalue weighted by Crippen LogP contribution is 2.30. The van der Waals surface area contributed by atoms with E-state index in [0.29, 0.717) is 5.25 Å². The summed E-state index contributed by atoms with van der Waals surface area (Å²) < 4.78 is 0. The average molecular weight is 195 g/mol. The summed E-state index contributed by atoms with van der Waals surface area (Å²) in [7, 11) is 0. The van der Waals surface area contributed by atoms with Crippen LogP contribution in [0.5, 0.6) is 0 Å². The molecule has 0 aromatic heterocycles. The highest BCUT2D eigenvalue weighted by atomic mass is 32.2. The van der Waals surface area contributed by atoms with Crippen molar-refractivity contribution < 1.29 is 0 Å². The van der Waals surface area contributed by atoms with Crippen LogP contribution < -0.4 is 5.73 Å². The molecule has 1 aromatic rings. The normalized spacial score (nSPS) is 15.4. The van der Waals surface area contributed by atoms with Gasteiger partial charge in [-0.2, -0.15) is 11.8 Å². The van der Waals surface area contributed by atoms with Crippen LogP contribution >= 0.6 is 11.8 Å². The van der Waals surface area contributed by atoms with E-state index in [0.717, 1.165) is 0 Å². The van der Waals surface area contributed by atoms with E-state index in [1.54, 1.807) is 0 Å². The number of aryl methyl sites for hydroxylation is 1. The predicted octanol–water partition coefficient (Wildman–Crippen LogP) is 2.75. The highest BCUT2D eigenvalue weighted by Gasteiger charge is 2.15. The van der Waals surface area contributed by atoms with Gasteiger partial charge in [0.25, 0.3) is 0 Å². The second-order valence-electron chi connectivity index (χ2n) is 3.37. The molecule has 2 N–H and O–H groups in total. The van der Waals surface area contributed by atoms with Crippen molar-refractivity contribution in [1.29, 1.82) is 0 Å². The lowest BCUT2D eigenvalue weighted by molar-refractivity contribution is 0.719. The van der Waals surface area contributed by atoms with Gasteiger partial charge >= 0.3 is 0 Å². The molecule has 0 spiro atoms. The summed E-state index contributed by atoms with van der Waals surface area (Å²) in [4.78, 5) is 0. The van der Waals surface area contributed by atoms with E-state index >= 15 is 0 Å². The van der Waals surface area contributed by atoms with Crippen LogP contribution in [-0.4, -0.2) is 12.3 Å². The Morgan fingerprint density at radius 3 is 2.38 bits per heavy atom. The van der Waals surface area contributed by atoms with Crippen LogP contribution in [0.15, 0.2) is 24.3 Å². The molecule has 13 heavy (non-hydrogen) atoms. The van der Waals surface area contributed by atoms with E-state index in [9.17, 15) is 0 Å². The van der Waals surface area contributed by atoms with Crippen LogP contribution in [0.2, 0.25) is 0 Å². The molecule has 1 nitrogen and oxygen atoms in total. The summed E-state index contributed by atoms with van der Waals surface area (Å²) in [5.74, 6) is 0. The lowest BCUT2D eigenvalue weighted by Gasteiger charge is -2.20. The summed E-state index contributed by atoms with van der Waals surface area (Å²) in [6.45, 7) is 4.20. The number of rotatable bonds is 3. The zero-order valence-electron chi connectivity index (χ0n) is 8.45. The second-order valence-corrected chi connectivity index (χ2v) is 4.35. The molecular weight excluding hydrogens is 178 g/mol. The minimum absolute atomic E-state index is 0.205. The SMILES string of the molecule is CSC(c1ccccc1C)C(C)N. The Kier molecular flexibility index (Phi) is 3.82. The maximum Gasteiger partial charge on any atom is 0.0445 e. The Morgan fingerprint density at radius 2 is 1.92 bits per heavy atom. The average Bonchev–Trinajstić information content (AvgIpc) is 2.09. The van der Waals surface area contributed by atoms with Crippen molar-refractivity contribution in [1.82, 2.24) is 0 Å². The lowest BCUT2D eigenvalue weighted by atomic mass is 10.0. The van der Waals surface area contributed by atoms with E-state index in [4.69, 9.17) is 5.73 Å². The molecule has 2 heteroatoms. The van der Waals surface area contributed by atoms with Crippen LogP contribution in [0.25, 0.3) is 0 Å². The monoisotopic (exact) mass is 195 g/mol. The number of benzene rings is 1. The maximum absolute atomic E-state index is 5.93. The molecule has 0 heterocycles. The minimum Gasteiger partial charge on any atom is -0.327 e. The van der Waals surface area contributed by atoms with Gasteiger partial charge in [-0.05, 0) is 31.2 Å². The predicted molar refractivity (Wildman–Crippen MR) is 61.1 cm³/mol. The van der Waals surface area contributed by atoms with Crippen LogP contribution in [0.1, 0.15) is 23.3 Å². The third kappa shape index (κ3) is 2.48. The number of hydrogen-bond donors (Lipinski definition) is 1. The first-order valence-electron chi connectivity index (χ1n) is 4.50.